The maximum Gasteiger partial charge on any atom is 0.248 e. The summed E-state index contributed by atoms with van der Waals surface area (Å²) in [6.07, 6.45) is 7.57. The van der Waals surface area contributed by atoms with Crippen LogP contribution in [0.3, 0.4) is 0 Å². The number of nitrogens with zero attached hydrogens (tertiary/aromatic N) is 5. The summed E-state index contributed by atoms with van der Waals surface area (Å²) in [6, 6.07) is 5.60. The highest BCUT2D eigenvalue weighted by molar-refractivity contribution is 7.89. The van der Waals surface area contributed by atoms with Crippen molar-refractivity contribution in [2.45, 2.75) is 114 Å². The maximum atomic E-state index is 13.9. The molecule has 2 aromatic rings. The molecule has 1 aromatic heterocycles. The van der Waals surface area contributed by atoms with Crippen LogP contribution in [0.2, 0.25) is 0 Å². The molecule has 2 amide bonds. The van der Waals surface area contributed by atoms with E-state index in [-0.39, 0.29) is 30.8 Å². The van der Waals surface area contributed by atoms with Gasteiger partial charge in [0.15, 0.2) is 0 Å². The number of sulfonamides is 1. The van der Waals surface area contributed by atoms with Gasteiger partial charge in [0.05, 0.1) is 16.7 Å². The first-order chi connectivity index (χ1) is 20.4. The summed E-state index contributed by atoms with van der Waals surface area (Å²) in [5.74, 6) is -0.122. The van der Waals surface area contributed by atoms with Gasteiger partial charge in [-0.15, -0.1) is 5.10 Å². The van der Waals surface area contributed by atoms with Crippen LogP contribution in [-0.4, -0.2) is 87.4 Å². The Kier molecular flexibility index (Phi) is 9.29. The number of rotatable bonds is 10. The molecule has 236 valence electrons. The number of β-amino-alcohol motifs (C(OH)–C–C–N with tert-alkyl or cyclic N) is 1. The third-order valence-corrected chi connectivity index (χ3v) is 10.9. The standard InChI is InChI=1S/C31H46N6O5S/c1-21-8-5-6-17-37(21)43(41,42)25-14-10-22(11-15-25)9-7-16-32-29(39)27-18-24(38)19-35(27)30(40)28(31(2,3)4)36-20-26(33-34-36)23-12-13-23/h10-11,14-15,20-21,23-24,27-28,38H,5-9,12-13,16-19H2,1-4H3,(H,32,39)/t21?,24?,27?,28-/m1/s1. The van der Waals surface area contributed by atoms with E-state index in [1.807, 2.05) is 46.0 Å². The van der Waals surface area contributed by atoms with Crippen molar-refractivity contribution in [2.24, 2.45) is 5.41 Å². The quantitative estimate of drug-likeness (QED) is 0.393. The van der Waals surface area contributed by atoms with Gasteiger partial charge in [0.25, 0.3) is 0 Å². The van der Waals surface area contributed by atoms with Gasteiger partial charge in [-0.25, -0.2) is 13.1 Å². The van der Waals surface area contributed by atoms with Crippen molar-refractivity contribution < 1.29 is 23.1 Å². The van der Waals surface area contributed by atoms with E-state index >= 15 is 0 Å². The van der Waals surface area contributed by atoms with Gasteiger partial charge in [-0.3, -0.25) is 9.59 Å². The molecule has 1 saturated carbocycles. The molecule has 3 aliphatic rings. The predicted molar refractivity (Wildman–Crippen MR) is 162 cm³/mol. The van der Waals surface area contributed by atoms with Crippen molar-refractivity contribution in [3.8, 4) is 0 Å². The summed E-state index contributed by atoms with van der Waals surface area (Å²) >= 11 is 0. The van der Waals surface area contributed by atoms with Gasteiger partial charge >= 0.3 is 0 Å². The van der Waals surface area contributed by atoms with E-state index in [4.69, 9.17) is 0 Å². The highest BCUT2D eigenvalue weighted by Gasteiger charge is 2.45. The Balaban J connectivity index is 1.16. The zero-order valence-electron chi connectivity index (χ0n) is 25.8. The van der Waals surface area contributed by atoms with Crippen LogP contribution >= 0.6 is 0 Å². The van der Waals surface area contributed by atoms with E-state index in [1.54, 1.807) is 21.1 Å². The lowest BCUT2D eigenvalue weighted by molar-refractivity contribution is -0.144. The summed E-state index contributed by atoms with van der Waals surface area (Å²) in [4.78, 5) is 28.9. The molecule has 3 heterocycles. The SMILES string of the molecule is CC1CCCCN1S(=O)(=O)c1ccc(CCCNC(=O)C2CC(O)CN2C(=O)[C@@H](n2cc(C3CC3)nn2)C(C)(C)C)cc1. The molecule has 1 aromatic carbocycles. The Bertz CT molecular complexity index is 1400. The van der Waals surface area contributed by atoms with E-state index in [9.17, 15) is 23.1 Å². The van der Waals surface area contributed by atoms with Crippen LogP contribution in [0.25, 0.3) is 0 Å². The number of hydrogen-bond acceptors (Lipinski definition) is 7. The minimum Gasteiger partial charge on any atom is -0.391 e. The van der Waals surface area contributed by atoms with Gasteiger partial charge < -0.3 is 15.3 Å². The number of piperidine rings is 1. The van der Waals surface area contributed by atoms with E-state index in [2.05, 4.69) is 15.6 Å². The molecule has 3 unspecified atom stereocenters. The van der Waals surface area contributed by atoms with E-state index in [1.165, 1.54) is 4.90 Å². The van der Waals surface area contributed by atoms with Crippen LogP contribution in [-0.2, 0) is 26.0 Å². The third-order valence-electron chi connectivity index (χ3n) is 8.92. The molecule has 1 aliphatic carbocycles. The van der Waals surface area contributed by atoms with Gasteiger partial charge in [-0.2, -0.15) is 4.31 Å². The Morgan fingerprint density at radius 3 is 2.49 bits per heavy atom. The molecule has 2 aliphatic heterocycles. The summed E-state index contributed by atoms with van der Waals surface area (Å²) < 4.78 is 29.4. The van der Waals surface area contributed by atoms with Crippen molar-refractivity contribution in [1.82, 2.24) is 29.5 Å². The smallest absolute Gasteiger partial charge is 0.248 e. The first-order valence-corrected chi connectivity index (χ1v) is 17.1. The van der Waals surface area contributed by atoms with Crippen LogP contribution < -0.4 is 5.32 Å². The lowest BCUT2D eigenvalue weighted by Gasteiger charge is -2.34. The lowest BCUT2D eigenvalue weighted by Crippen LogP contribution is -2.50. The number of carbonyl (C=O) groups excluding carboxylic acids is 2. The number of carbonyl (C=O) groups is 2. The third kappa shape index (κ3) is 7.12. The van der Waals surface area contributed by atoms with Gasteiger partial charge in [0, 0.05) is 44.2 Å². The molecule has 3 fully saturated rings. The van der Waals surface area contributed by atoms with Crippen molar-refractivity contribution >= 4 is 21.8 Å². The topological polar surface area (TPSA) is 138 Å². The van der Waals surface area contributed by atoms with E-state index in [0.717, 1.165) is 43.4 Å². The first-order valence-electron chi connectivity index (χ1n) is 15.6. The normalized spacial score (nSPS) is 24.2. The van der Waals surface area contributed by atoms with Gasteiger partial charge in [-0.1, -0.05) is 44.5 Å². The van der Waals surface area contributed by atoms with Crippen LogP contribution in [0.15, 0.2) is 35.4 Å². The molecule has 0 spiro atoms. The Labute approximate surface area is 255 Å². The average molecular weight is 615 g/mol. The summed E-state index contributed by atoms with van der Waals surface area (Å²) in [5, 5.41) is 22.0. The Morgan fingerprint density at radius 2 is 1.84 bits per heavy atom. The number of likely N-dealkylation sites (tertiary alicyclic amines) is 1. The fourth-order valence-corrected chi connectivity index (χ4v) is 8.04. The fourth-order valence-electron chi connectivity index (χ4n) is 6.34. The van der Waals surface area contributed by atoms with Crippen molar-refractivity contribution in [1.29, 1.82) is 0 Å². The molecule has 2 saturated heterocycles. The number of aryl methyl sites for hydroxylation is 1. The van der Waals surface area contributed by atoms with Gasteiger partial charge in [0.2, 0.25) is 21.8 Å². The molecule has 12 heteroatoms. The van der Waals surface area contributed by atoms with Crippen LogP contribution in [0.1, 0.15) is 95.9 Å². The fraction of sp³-hybridized carbons (Fsp3) is 0.677. The summed E-state index contributed by atoms with van der Waals surface area (Å²) in [6.45, 7) is 8.91. The van der Waals surface area contributed by atoms with Crippen LogP contribution in [0.4, 0.5) is 0 Å². The van der Waals surface area contributed by atoms with Crippen molar-refractivity contribution in [2.75, 3.05) is 19.6 Å². The molecular formula is C31H46N6O5S. The number of aliphatic hydroxyl groups excluding tert-OH is 1. The largest absolute Gasteiger partial charge is 0.391 e. The minimum absolute atomic E-state index is 0.0105. The zero-order chi connectivity index (χ0) is 30.9. The van der Waals surface area contributed by atoms with Crippen LogP contribution in [0.5, 0.6) is 0 Å². The monoisotopic (exact) mass is 614 g/mol. The lowest BCUT2D eigenvalue weighted by atomic mass is 9.85. The molecule has 5 rings (SSSR count). The first kappa shape index (κ1) is 31.6. The number of aromatic nitrogens is 3. The number of benzene rings is 1. The summed E-state index contributed by atoms with van der Waals surface area (Å²) in [7, 11) is -3.51. The molecule has 0 bridgehead atoms. The second-order valence-corrected chi connectivity index (χ2v) is 15.5. The molecular weight excluding hydrogens is 568 g/mol. The second kappa shape index (κ2) is 12.6. The van der Waals surface area contributed by atoms with E-state index < -0.39 is 33.6 Å². The van der Waals surface area contributed by atoms with Gasteiger partial charge in [-0.05, 0) is 68.6 Å². The molecule has 43 heavy (non-hydrogen) atoms. The number of nitrogens with one attached hydrogen (secondary N) is 1. The number of hydrogen-bond donors (Lipinski definition) is 2. The molecule has 0 radical (unpaired) electrons. The number of amides is 2. The highest BCUT2D eigenvalue weighted by atomic mass is 32.2. The Morgan fingerprint density at radius 1 is 1.12 bits per heavy atom. The molecule has 11 nitrogen and oxygen atoms in total. The maximum absolute atomic E-state index is 13.9. The van der Waals surface area contributed by atoms with Gasteiger partial charge in [0.1, 0.15) is 12.1 Å². The van der Waals surface area contributed by atoms with Crippen LogP contribution in [0, 0.1) is 5.41 Å². The minimum atomic E-state index is -3.51. The van der Waals surface area contributed by atoms with E-state index in [0.29, 0.717) is 36.7 Å². The Hall–Kier alpha value is -2.83. The summed E-state index contributed by atoms with van der Waals surface area (Å²) in [5.41, 5.74) is 1.39. The zero-order valence-corrected chi connectivity index (χ0v) is 26.6. The van der Waals surface area contributed by atoms with Crippen molar-refractivity contribution in [3.63, 3.8) is 0 Å². The predicted octanol–water partition coefficient (Wildman–Crippen LogP) is 3.02. The van der Waals surface area contributed by atoms with Crippen molar-refractivity contribution in [3.05, 3.63) is 41.7 Å². The number of aliphatic hydroxyl groups is 1. The highest BCUT2D eigenvalue weighted by Crippen LogP contribution is 2.40. The second-order valence-electron chi connectivity index (χ2n) is 13.6. The molecule has 4 atom stereocenters. The average Bonchev–Trinajstić information content (AvgIpc) is 3.56. The molecule has 2 N–H and O–H groups in total.